The number of fused-ring (bicyclic) bond motifs is 1. The van der Waals surface area contributed by atoms with Crippen molar-refractivity contribution < 1.29 is 14.3 Å². The number of amides is 2. The van der Waals surface area contributed by atoms with E-state index in [0.717, 1.165) is 35.7 Å². The van der Waals surface area contributed by atoms with Gasteiger partial charge in [-0.2, -0.15) is 0 Å². The molecule has 3 rings (SSSR count). The van der Waals surface area contributed by atoms with Crippen molar-refractivity contribution in [2.45, 2.75) is 71.4 Å². The molecule has 1 aromatic carbocycles. The highest BCUT2D eigenvalue weighted by Gasteiger charge is 2.20. The molecule has 0 saturated heterocycles. The van der Waals surface area contributed by atoms with Gasteiger partial charge in [0.25, 0.3) is 5.91 Å². The van der Waals surface area contributed by atoms with Crippen molar-refractivity contribution in [2.24, 2.45) is 5.92 Å². The molecule has 1 atom stereocenters. The van der Waals surface area contributed by atoms with E-state index in [1.54, 1.807) is 0 Å². The van der Waals surface area contributed by atoms with E-state index in [4.69, 9.17) is 4.74 Å². The molecule has 2 aromatic rings. The van der Waals surface area contributed by atoms with E-state index in [0.29, 0.717) is 18.2 Å². The number of nitrogens with one attached hydrogen (secondary N) is 3. The topological polar surface area (TPSA) is 83.2 Å². The first-order valence-electron chi connectivity index (χ1n) is 11.2. The number of unbranched alkanes of at least 4 members (excludes halogenated alkanes) is 1. The maximum absolute atomic E-state index is 12.7. The molecule has 1 aliphatic carbocycles. The van der Waals surface area contributed by atoms with Gasteiger partial charge >= 0.3 is 6.09 Å². The Morgan fingerprint density at radius 3 is 2.71 bits per heavy atom. The van der Waals surface area contributed by atoms with Crippen LogP contribution in [0.3, 0.4) is 0 Å². The first kappa shape index (κ1) is 22.7. The average molecular weight is 424 g/mol. The second-order valence-corrected chi connectivity index (χ2v) is 9.22. The highest BCUT2D eigenvalue weighted by atomic mass is 16.6. The zero-order valence-electron chi connectivity index (χ0n) is 18.9. The lowest BCUT2D eigenvalue weighted by Crippen LogP contribution is -2.45. The fourth-order valence-electron chi connectivity index (χ4n) is 3.20. The van der Waals surface area contributed by atoms with Gasteiger partial charge in [-0.15, -0.1) is 0 Å². The summed E-state index contributed by atoms with van der Waals surface area (Å²) in [5.74, 6) is 6.82. The number of alkyl carbamates (subject to hydrolysis) is 1. The fourth-order valence-corrected chi connectivity index (χ4v) is 3.20. The number of carbonyl (C=O) groups is 2. The van der Waals surface area contributed by atoms with Crippen LogP contribution < -0.4 is 10.6 Å². The smallest absolute Gasteiger partial charge is 0.407 e. The SMILES string of the molecule is CCCC[C@@H](CNC(=O)c1cc2ccc(C#CC3CC3)cc2[nH]1)NC(=O)OC(C)(C)C. The molecule has 0 radical (unpaired) electrons. The van der Waals surface area contributed by atoms with E-state index < -0.39 is 11.7 Å². The van der Waals surface area contributed by atoms with Gasteiger partial charge in [-0.25, -0.2) is 4.79 Å². The number of ether oxygens (including phenoxy) is 1. The normalized spacial score (nSPS) is 14.5. The Labute approximate surface area is 184 Å². The van der Waals surface area contributed by atoms with Gasteiger partial charge in [-0.05, 0) is 58.2 Å². The lowest BCUT2D eigenvalue weighted by molar-refractivity contribution is 0.0498. The van der Waals surface area contributed by atoms with Gasteiger partial charge < -0.3 is 20.4 Å². The minimum Gasteiger partial charge on any atom is -0.444 e. The molecule has 3 N–H and O–H groups in total. The number of rotatable bonds is 7. The Balaban J connectivity index is 1.60. The summed E-state index contributed by atoms with van der Waals surface area (Å²) in [6.07, 6.45) is 4.66. The molecule has 31 heavy (non-hydrogen) atoms. The first-order valence-corrected chi connectivity index (χ1v) is 11.2. The van der Waals surface area contributed by atoms with Crippen LogP contribution in [0.1, 0.15) is 75.9 Å². The summed E-state index contributed by atoms with van der Waals surface area (Å²) in [5, 5.41) is 6.78. The largest absolute Gasteiger partial charge is 0.444 e. The van der Waals surface area contributed by atoms with Crippen LogP contribution in [0.4, 0.5) is 4.79 Å². The lowest BCUT2D eigenvalue weighted by Gasteiger charge is -2.23. The van der Waals surface area contributed by atoms with Crippen molar-refractivity contribution >= 4 is 22.9 Å². The van der Waals surface area contributed by atoms with Crippen molar-refractivity contribution in [1.82, 2.24) is 15.6 Å². The van der Waals surface area contributed by atoms with Crippen LogP contribution >= 0.6 is 0 Å². The van der Waals surface area contributed by atoms with Crippen molar-refractivity contribution in [2.75, 3.05) is 6.54 Å². The number of aromatic amines is 1. The Morgan fingerprint density at radius 2 is 2.03 bits per heavy atom. The Hall–Kier alpha value is -2.94. The van der Waals surface area contributed by atoms with Gasteiger partial charge in [-0.1, -0.05) is 37.7 Å². The molecule has 1 heterocycles. The number of H-pyrrole nitrogens is 1. The predicted molar refractivity (Wildman–Crippen MR) is 123 cm³/mol. The van der Waals surface area contributed by atoms with Gasteiger partial charge in [0.1, 0.15) is 11.3 Å². The summed E-state index contributed by atoms with van der Waals surface area (Å²) in [6, 6.07) is 7.60. The minimum absolute atomic E-state index is 0.188. The number of aromatic nitrogens is 1. The quantitative estimate of drug-likeness (QED) is 0.562. The van der Waals surface area contributed by atoms with Crippen LogP contribution in [-0.4, -0.2) is 35.2 Å². The molecule has 166 valence electrons. The number of hydrogen-bond acceptors (Lipinski definition) is 3. The summed E-state index contributed by atoms with van der Waals surface area (Å²) in [4.78, 5) is 28.0. The molecule has 0 unspecified atom stereocenters. The van der Waals surface area contributed by atoms with E-state index in [1.807, 2.05) is 45.0 Å². The third-order valence-corrected chi connectivity index (χ3v) is 5.00. The second-order valence-electron chi connectivity index (χ2n) is 9.22. The number of carbonyl (C=O) groups excluding carboxylic acids is 2. The summed E-state index contributed by atoms with van der Waals surface area (Å²) < 4.78 is 5.35. The third kappa shape index (κ3) is 7.36. The molecule has 0 aliphatic heterocycles. The number of hydrogen-bond donors (Lipinski definition) is 3. The van der Waals surface area contributed by atoms with Crippen LogP contribution in [0, 0.1) is 17.8 Å². The van der Waals surface area contributed by atoms with E-state index >= 15 is 0 Å². The molecule has 1 fully saturated rings. The number of benzene rings is 1. The second kappa shape index (κ2) is 9.91. The minimum atomic E-state index is -0.561. The summed E-state index contributed by atoms with van der Waals surface area (Å²) in [6.45, 7) is 7.92. The van der Waals surface area contributed by atoms with E-state index in [-0.39, 0.29) is 11.9 Å². The molecule has 0 bridgehead atoms. The maximum Gasteiger partial charge on any atom is 0.407 e. The fraction of sp³-hybridized carbons (Fsp3) is 0.520. The van der Waals surface area contributed by atoms with E-state index in [2.05, 4.69) is 34.4 Å². The van der Waals surface area contributed by atoms with Crippen LogP contribution in [0.2, 0.25) is 0 Å². The Bertz CT molecular complexity index is 987. The molecule has 6 heteroatoms. The first-order chi connectivity index (χ1) is 14.7. The average Bonchev–Trinajstić information content (AvgIpc) is 3.43. The molecule has 1 aliphatic rings. The highest BCUT2D eigenvalue weighted by Crippen LogP contribution is 2.27. The predicted octanol–water partition coefficient (Wildman–Crippen LogP) is 4.74. The summed E-state index contributed by atoms with van der Waals surface area (Å²) >= 11 is 0. The third-order valence-electron chi connectivity index (χ3n) is 5.00. The lowest BCUT2D eigenvalue weighted by atomic mass is 10.1. The standard InChI is InChI=1S/C25H33N3O3/c1-5-6-7-20(27-24(30)31-25(2,3)4)16-26-23(29)22-15-19-13-12-18(14-21(19)28-22)11-10-17-8-9-17/h12-15,17,20,28H,5-9,16H2,1-4H3,(H,26,29)(H,27,30)/t20-/m0/s1. The molecule has 0 spiro atoms. The van der Waals surface area contributed by atoms with Gasteiger partial charge in [0.15, 0.2) is 0 Å². The Kier molecular flexibility index (Phi) is 7.27. The van der Waals surface area contributed by atoms with Crippen LogP contribution in [0.15, 0.2) is 24.3 Å². The highest BCUT2D eigenvalue weighted by molar-refractivity contribution is 5.98. The van der Waals surface area contributed by atoms with E-state index in [1.165, 1.54) is 12.8 Å². The van der Waals surface area contributed by atoms with Crippen LogP contribution in [-0.2, 0) is 4.74 Å². The van der Waals surface area contributed by atoms with Crippen molar-refractivity contribution in [3.63, 3.8) is 0 Å². The molecule has 6 nitrogen and oxygen atoms in total. The molecular weight excluding hydrogens is 390 g/mol. The maximum atomic E-state index is 12.7. The van der Waals surface area contributed by atoms with Gasteiger partial charge in [0.2, 0.25) is 0 Å². The van der Waals surface area contributed by atoms with Crippen LogP contribution in [0.5, 0.6) is 0 Å². The summed E-state index contributed by atoms with van der Waals surface area (Å²) in [7, 11) is 0. The summed E-state index contributed by atoms with van der Waals surface area (Å²) in [5.41, 5.74) is 1.78. The monoisotopic (exact) mass is 423 g/mol. The zero-order valence-corrected chi connectivity index (χ0v) is 18.9. The Morgan fingerprint density at radius 1 is 1.26 bits per heavy atom. The molecular formula is C25H33N3O3. The van der Waals surface area contributed by atoms with Crippen molar-refractivity contribution in [3.05, 3.63) is 35.5 Å². The van der Waals surface area contributed by atoms with E-state index in [9.17, 15) is 9.59 Å². The zero-order chi connectivity index (χ0) is 22.4. The van der Waals surface area contributed by atoms with Gasteiger partial charge in [0, 0.05) is 35.0 Å². The van der Waals surface area contributed by atoms with Crippen molar-refractivity contribution in [3.8, 4) is 11.8 Å². The molecule has 2 amide bonds. The van der Waals surface area contributed by atoms with Gasteiger partial charge in [-0.3, -0.25) is 4.79 Å². The molecule has 1 saturated carbocycles. The van der Waals surface area contributed by atoms with Crippen LogP contribution in [0.25, 0.3) is 10.9 Å². The molecule has 1 aromatic heterocycles. The van der Waals surface area contributed by atoms with Gasteiger partial charge in [0.05, 0.1) is 0 Å². The van der Waals surface area contributed by atoms with Crippen molar-refractivity contribution in [1.29, 1.82) is 0 Å².